The molecule has 0 atom stereocenters. The Balaban J connectivity index is 1.98. The number of carbonyl (C=O) groups excluding carboxylic acids is 1. The van der Waals surface area contributed by atoms with Crippen molar-refractivity contribution in [2.45, 2.75) is 6.92 Å². The molecule has 0 spiro atoms. The number of non-ortho nitro benzene ring substituents is 1. The maximum atomic E-state index is 12.0. The van der Waals surface area contributed by atoms with E-state index >= 15 is 0 Å². The van der Waals surface area contributed by atoms with Gasteiger partial charge in [-0.15, -0.1) is 0 Å². The molecule has 0 saturated heterocycles. The van der Waals surface area contributed by atoms with Gasteiger partial charge in [0.2, 0.25) is 0 Å². The fourth-order valence-corrected chi connectivity index (χ4v) is 2.08. The zero-order valence-corrected chi connectivity index (χ0v) is 13.5. The molecule has 0 radical (unpaired) electrons. The molecule has 0 aliphatic rings. The summed E-state index contributed by atoms with van der Waals surface area (Å²) in [4.78, 5) is 24.1. The van der Waals surface area contributed by atoms with E-state index in [1.165, 1.54) is 12.1 Å². The summed E-state index contributed by atoms with van der Waals surface area (Å²) in [6, 6.07) is 15.6. The highest BCUT2D eigenvalue weighted by molar-refractivity contribution is 5.99. The lowest BCUT2D eigenvalue weighted by Crippen LogP contribution is -2.33. The molecule has 7 heteroatoms. The molecule has 2 aromatic rings. The lowest BCUT2D eigenvalue weighted by molar-refractivity contribution is -0.384. The van der Waals surface area contributed by atoms with E-state index in [1.807, 2.05) is 37.4 Å². The molecule has 2 aromatic carbocycles. The van der Waals surface area contributed by atoms with Crippen LogP contribution in [0.15, 0.2) is 59.7 Å². The predicted octanol–water partition coefficient (Wildman–Crippen LogP) is 2.57. The van der Waals surface area contributed by atoms with Crippen LogP contribution in [0.3, 0.4) is 0 Å². The summed E-state index contributed by atoms with van der Waals surface area (Å²) in [6.07, 6.45) is 0. The van der Waals surface area contributed by atoms with Crippen LogP contribution in [-0.4, -0.2) is 30.1 Å². The Labute approximate surface area is 139 Å². The third-order valence-corrected chi connectivity index (χ3v) is 3.40. The number of hydrogen-bond acceptors (Lipinski definition) is 5. The third-order valence-electron chi connectivity index (χ3n) is 3.40. The van der Waals surface area contributed by atoms with E-state index in [2.05, 4.69) is 10.5 Å². The number of nitro benzene ring substituents is 1. The Morgan fingerprint density at radius 3 is 2.58 bits per heavy atom. The molecule has 124 valence electrons. The predicted molar refractivity (Wildman–Crippen MR) is 93.2 cm³/mol. The van der Waals surface area contributed by atoms with Crippen LogP contribution in [0.4, 0.5) is 11.4 Å². The Hall–Kier alpha value is -3.22. The highest BCUT2D eigenvalue weighted by Gasteiger charge is 2.09. The van der Waals surface area contributed by atoms with Gasteiger partial charge < -0.3 is 4.90 Å². The van der Waals surface area contributed by atoms with Crippen molar-refractivity contribution in [3.8, 4) is 0 Å². The number of rotatable bonds is 6. The van der Waals surface area contributed by atoms with Crippen molar-refractivity contribution in [1.82, 2.24) is 5.43 Å². The van der Waals surface area contributed by atoms with Gasteiger partial charge >= 0.3 is 0 Å². The third kappa shape index (κ3) is 4.64. The molecule has 0 bridgehead atoms. The average Bonchev–Trinajstić information content (AvgIpc) is 2.60. The summed E-state index contributed by atoms with van der Waals surface area (Å²) in [7, 11) is 1.81. The molecule has 0 saturated carbocycles. The number of carbonyl (C=O) groups is 1. The van der Waals surface area contributed by atoms with Crippen molar-refractivity contribution in [3.05, 3.63) is 70.3 Å². The van der Waals surface area contributed by atoms with Gasteiger partial charge in [0.25, 0.3) is 11.6 Å². The molecular formula is C17H18N4O3. The van der Waals surface area contributed by atoms with Gasteiger partial charge in [-0.3, -0.25) is 14.9 Å². The smallest absolute Gasteiger partial charge is 0.270 e. The van der Waals surface area contributed by atoms with Gasteiger partial charge in [-0.25, -0.2) is 5.43 Å². The molecule has 7 nitrogen and oxygen atoms in total. The number of benzene rings is 2. The van der Waals surface area contributed by atoms with Crippen LogP contribution in [0, 0.1) is 10.1 Å². The van der Waals surface area contributed by atoms with Crippen molar-refractivity contribution in [1.29, 1.82) is 0 Å². The minimum absolute atomic E-state index is 0.0165. The molecule has 0 aromatic heterocycles. The lowest BCUT2D eigenvalue weighted by Gasteiger charge is -2.17. The Bertz CT molecular complexity index is 759. The van der Waals surface area contributed by atoms with Crippen LogP contribution in [-0.2, 0) is 4.79 Å². The van der Waals surface area contributed by atoms with E-state index in [-0.39, 0.29) is 18.1 Å². The normalized spacial score (nSPS) is 11.0. The molecule has 0 fully saturated rings. The first-order valence-corrected chi connectivity index (χ1v) is 7.31. The second-order valence-corrected chi connectivity index (χ2v) is 5.23. The van der Waals surface area contributed by atoms with Crippen LogP contribution in [0.1, 0.15) is 12.5 Å². The summed E-state index contributed by atoms with van der Waals surface area (Å²) in [5, 5.41) is 14.8. The largest absolute Gasteiger partial charge is 0.365 e. The van der Waals surface area contributed by atoms with Crippen molar-refractivity contribution >= 4 is 23.0 Å². The zero-order chi connectivity index (χ0) is 17.5. The maximum Gasteiger partial charge on any atom is 0.270 e. The minimum atomic E-state index is -0.468. The average molecular weight is 326 g/mol. The number of hydrazone groups is 1. The molecule has 0 heterocycles. The highest BCUT2D eigenvalue weighted by atomic mass is 16.6. The second kappa shape index (κ2) is 7.87. The van der Waals surface area contributed by atoms with Crippen LogP contribution < -0.4 is 10.3 Å². The molecule has 1 amide bonds. The Kier molecular flexibility index (Phi) is 5.62. The van der Waals surface area contributed by atoms with E-state index < -0.39 is 4.92 Å². The van der Waals surface area contributed by atoms with Crippen LogP contribution in [0.5, 0.6) is 0 Å². The monoisotopic (exact) mass is 326 g/mol. The van der Waals surface area contributed by atoms with Crippen molar-refractivity contribution in [2.75, 3.05) is 18.5 Å². The SMILES string of the molecule is CC(=NNC(=O)CN(C)c1ccccc1)c1cccc([N+](=O)[O-])c1. The number of para-hydroxylation sites is 1. The molecular weight excluding hydrogens is 308 g/mol. The maximum absolute atomic E-state index is 12.0. The minimum Gasteiger partial charge on any atom is -0.365 e. The van der Waals surface area contributed by atoms with Gasteiger partial charge in [-0.1, -0.05) is 30.3 Å². The summed E-state index contributed by atoms with van der Waals surface area (Å²) >= 11 is 0. The number of hydrogen-bond donors (Lipinski definition) is 1. The Morgan fingerprint density at radius 1 is 1.21 bits per heavy atom. The molecule has 1 N–H and O–H groups in total. The number of anilines is 1. The zero-order valence-electron chi connectivity index (χ0n) is 13.5. The topological polar surface area (TPSA) is 87.8 Å². The van der Waals surface area contributed by atoms with E-state index in [0.29, 0.717) is 11.3 Å². The van der Waals surface area contributed by atoms with E-state index in [0.717, 1.165) is 5.69 Å². The molecule has 0 aliphatic heterocycles. The van der Waals surface area contributed by atoms with Gasteiger partial charge in [0.05, 0.1) is 17.2 Å². The van der Waals surface area contributed by atoms with Gasteiger partial charge in [0.15, 0.2) is 0 Å². The summed E-state index contributed by atoms with van der Waals surface area (Å²) in [6.45, 7) is 1.83. The van der Waals surface area contributed by atoms with Gasteiger partial charge in [-0.2, -0.15) is 5.10 Å². The fourth-order valence-electron chi connectivity index (χ4n) is 2.08. The quantitative estimate of drug-likeness (QED) is 0.502. The van der Waals surface area contributed by atoms with Gasteiger partial charge in [0, 0.05) is 30.4 Å². The highest BCUT2D eigenvalue weighted by Crippen LogP contribution is 2.13. The van der Waals surface area contributed by atoms with Crippen LogP contribution in [0.2, 0.25) is 0 Å². The Morgan fingerprint density at radius 2 is 1.92 bits per heavy atom. The van der Waals surface area contributed by atoms with Gasteiger partial charge in [-0.05, 0) is 19.1 Å². The fraction of sp³-hybridized carbons (Fsp3) is 0.176. The van der Waals surface area contributed by atoms with Crippen molar-refractivity contribution in [3.63, 3.8) is 0 Å². The number of nitrogens with one attached hydrogen (secondary N) is 1. The first kappa shape index (κ1) is 17.1. The number of likely N-dealkylation sites (N-methyl/N-ethyl adjacent to an activating group) is 1. The van der Waals surface area contributed by atoms with Gasteiger partial charge in [0.1, 0.15) is 0 Å². The second-order valence-electron chi connectivity index (χ2n) is 5.23. The van der Waals surface area contributed by atoms with E-state index in [4.69, 9.17) is 0 Å². The van der Waals surface area contributed by atoms with E-state index in [1.54, 1.807) is 24.0 Å². The standard InChI is InChI=1S/C17H18N4O3/c1-13(14-7-6-10-16(11-14)21(23)24)18-19-17(22)12-20(2)15-8-4-3-5-9-15/h3-11H,12H2,1-2H3,(H,19,22). The lowest BCUT2D eigenvalue weighted by atomic mass is 10.1. The summed E-state index contributed by atoms with van der Waals surface area (Å²) in [5.74, 6) is -0.272. The van der Waals surface area contributed by atoms with Crippen LogP contribution >= 0.6 is 0 Å². The molecule has 0 unspecified atom stereocenters. The number of amides is 1. The summed E-state index contributed by atoms with van der Waals surface area (Å²) in [5.41, 5.74) is 4.45. The number of nitrogens with zero attached hydrogens (tertiary/aromatic N) is 3. The molecule has 24 heavy (non-hydrogen) atoms. The van der Waals surface area contributed by atoms with E-state index in [9.17, 15) is 14.9 Å². The van der Waals surface area contributed by atoms with Crippen LogP contribution in [0.25, 0.3) is 0 Å². The van der Waals surface area contributed by atoms with Crippen molar-refractivity contribution < 1.29 is 9.72 Å². The number of nitro groups is 1. The summed E-state index contributed by atoms with van der Waals surface area (Å²) < 4.78 is 0. The molecule has 0 aliphatic carbocycles. The first-order chi connectivity index (χ1) is 11.5. The van der Waals surface area contributed by atoms with Crippen molar-refractivity contribution in [2.24, 2.45) is 5.10 Å². The molecule has 2 rings (SSSR count). The first-order valence-electron chi connectivity index (χ1n) is 7.31.